The molecular weight excluding hydrogens is 202 g/mol. The molecule has 15 heavy (non-hydrogen) atoms. The van der Waals surface area contributed by atoms with E-state index in [1.807, 2.05) is 17.8 Å². The van der Waals surface area contributed by atoms with Crippen LogP contribution in [0.25, 0.3) is 0 Å². The van der Waals surface area contributed by atoms with Gasteiger partial charge in [0.2, 0.25) is 0 Å². The molecule has 0 saturated carbocycles. The molecule has 0 bridgehead atoms. The van der Waals surface area contributed by atoms with Crippen LogP contribution in [0.4, 0.5) is 0 Å². The molecule has 0 aliphatic rings. The van der Waals surface area contributed by atoms with Gasteiger partial charge in [-0.05, 0) is 30.7 Å². The molecule has 1 aromatic carbocycles. The highest BCUT2D eigenvalue weighted by Crippen LogP contribution is 2.19. The maximum atomic E-state index is 3.72. The Kier molecular flexibility index (Phi) is 6.21. The van der Waals surface area contributed by atoms with E-state index in [0.29, 0.717) is 0 Å². The Morgan fingerprint density at radius 3 is 2.67 bits per heavy atom. The van der Waals surface area contributed by atoms with Gasteiger partial charge < -0.3 is 5.32 Å². The smallest absolute Gasteiger partial charge is 0.0205 e. The Labute approximate surface area is 97.0 Å². The van der Waals surface area contributed by atoms with E-state index in [1.165, 1.54) is 10.5 Å². The van der Waals surface area contributed by atoms with E-state index in [4.69, 9.17) is 0 Å². The Morgan fingerprint density at radius 1 is 1.33 bits per heavy atom. The van der Waals surface area contributed by atoms with Crippen LogP contribution < -0.4 is 5.32 Å². The third kappa shape index (κ3) is 5.05. The lowest BCUT2D eigenvalue weighted by molar-refractivity contribution is 0.726. The number of benzene rings is 1. The lowest BCUT2D eigenvalue weighted by atomic mass is 10.2. The van der Waals surface area contributed by atoms with Crippen molar-refractivity contribution >= 4 is 11.8 Å². The molecule has 0 atom stereocenters. The molecular formula is C13H19NS. The van der Waals surface area contributed by atoms with Crippen LogP contribution in [0.3, 0.4) is 0 Å². The number of hydrogen-bond acceptors (Lipinski definition) is 2. The zero-order chi connectivity index (χ0) is 10.9. The van der Waals surface area contributed by atoms with E-state index in [-0.39, 0.29) is 0 Å². The largest absolute Gasteiger partial charge is 0.313 e. The summed E-state index contributed by atoms with van der Waals surface area (Å²) in [5.41, 5.74) is 1.35. The van der Waals surface area contributed by atoms with Crippen LogP contribution >= 0.6 is 11.8 Å². The van der Waals surface area contributed by atoms with Gasteiger partial charge in [-0.3, -0.25) is 0 Å². The predicted octanol–water partition coefficient (Wildman–Crippen LogP) is 3.46. The Hall–Kier alpha value is -0.730. The van der Waals surface area contributed by atoms with Crippen LogP contribution in [-0.2, 0) is 6.54 Å². The second kappa shape index (κ2) is 7.55. The Morgan fingerprint density at radius 2 is 2.07 bits per heavy atom. The minimum Gasteiger partial charge on any atom is -0.313 e. The summed E-state index contributed by atoms with van der Waals surface area (Å²) in [6.45, 7) is 7.83. The Bertz CT molecular complexity index is 279. The van der Waals surface area contributed by atoms with E-state index in [2.05, 4.69) is 43.1 Å². The van der Waals surface area contributed by atoms with Crippen LogP contribution in [0.15, 0.2) is 41.8 Å². The summed E-state index contributed by atoms with van der Waals surface area (Å²) >= 11 is 1.89. The number of allylic oxidation sites excluding steroid dienone is 1. The molecule has 0 aliphatic carbocycles. The van der Waals surface area contributed by atoms with Crippen molar-refractivity contribution in [3.8, 4) is 0 Å². The molecule has 0 saturated heterocycles. The summed E-state index contributed by atoms with van der Waals surface area (Å²) in [5, 5.41) is 3.32. The van der Waals surface area contributed by atoms with Gasteiger partial charge in [-0.15, -0.1) is 18.3 Å². The van der Waals surface area contributed by atoms with Crippen molar-refractivity contribution in [3.05, 3.63) is 42.5 Å². The van der Waals surface area contributed by atoms with Gasteiger partial charge >= 0.3 is 0 Å². The highest BCUT2D eigenvalue weighted by atomic mass is 32.2. The van der Waals surface area contributed by atoms with Gasteiger partial charge in [0.25, 0.3) is 0 Å². The topological polar surface area (TPSA) is 12.0 Å². The zero-order valence-corrected chi connectivity index (χ0v) is 10.1. The Balaban J connectivity index is 2.38. The van der Waals surface area contributed by atoms with Gasteiger partial charge in [-0.2, -0.15) is 0 Å². The molecule has 1 aromatic rings. The fraction of sp³-hybridized carbons (Fsp3) is 0.385. The van der Waals surface area contributed by atoms with E-state index >= 15 is 0 Å². The third-order valence-corrected chi connectivity index (χ3v) is 3.14. The van der Waals surface area contributed by atoms with Crippen molar-refractivity contribution < 1.29 is 0 Å². The van der Waals surface area contributed by atoms with E-state index in [1.54, 1.807) is 0 Å². The predicted molar refractivity (Wildman–Crippen MR) is 69.4 cm³/mol. The summed E-state index contributed by atoms with van der Waals surface area (Å²) in [6.07, 6.45) is 3.04. The first-order valence-corrected chi connectivity index (χ1v) is 6.38. The van der Waals surface area contributed by atoms with Crippen molar-refractivity contribution in [3.63, 3.8) is 0 Å². The molecule has 0 aromatic heterocycles. The number of hydrogen-bond donors (Lipinski definition) is 1. The van der Waals surface area contributed by atoms with E-state index < -0.39 is 0 Å². The number of thioether (sulfide) groups is 1. The van der Waals surface area contributed by atoms with Gasteiger partial charge in [-0.25, -0.2) is 0 Å². The standard InChI is InChI=1S/C13H19NS/c1-3-5-10-15-13-8-6-12(7-9-13)11-14-4-2/h3,6-9,14H,1,4-5,10-11H2,2H3. The summed E-state index contributed by atoms with van der Waals surface area (Å²) < 4.78 is 0. The molecule has 0 amide bonds. The zero-order valence-electron chi connectivity index (χ0n) is 9.33. The molecule has 0 aliphatic heterocycles. The molecule has 0 fully saturated rings. The van der Waals surface area contributed by atoms with Crippen LogP contribution in [0.5, 0.6) is 0 Å². The SMILES string of the molecule is C=CCCSc1ccc(CNCC)cc1. The fourth-order valence-corrected chi connectivity index (χ4v) is 2.08. The first-order chi connectivity index (χ1) is 7.36. The van der Waals surface area contributed by atoms with Crippen LogP contribution in [0, 0.1) is 0 Å². The van der Waals surface area contributed by atoms with Crippen molar-refractivity contribution in [2.45, 2.75) is 24.8 Å². The molecule has 1 nitrogen and oxygen atoms in total. The summed E-state index contributed by atoms with van der Waals surface area (Å²) in [7, 11) is 0. The van der Waals surface area contributed by atoms with Gasteiger partial charge in [0.1, 0.15) is 0 Å². The minimum atomic E-state index is 0.966. The molecule has 0 heterocycles. The molecule has 2 heteroatoms. The molecule has 1 N–H and O–H groups in total. The summed E-state index contributed by atoms with van der Waals surface area (Å²) in [6, 6.07) is 8.78. The fourth-order valence-electron chi connectivity index (χ4n) is 1.23. The van der Waals surface area contributed by atoms with E-state index in [9.17, 15) is 0 Å². The molecule has 0 unspecified atom stereocenters. The lowest BCUT2D eigenvalue weighted by Gasteiger charge is -2.03. The molecule has 1 rings (SSSR count). The minimum absolute atomic E-state index is 0.966. The number of rotatable bonds is 7. The maximum Gasteiger partial charge on any atom is 0.0205 e. The summed E-state index contributed by atoms with van der Waals surface area (Å²) in [5.74, 6) is 1.12. The van der Waals surface area contributed by atoms with Gasteiger partial charge in [-0.1, -0.05) is 25.1 Å². The van der Waals surface area contributed by atoms with Gasteiger partial charge in [0.15, 0.2) is 0 Å². The molecule has 82 valence electrons. The van der Waals surface area contributed by atoms with Crippen molar-refractivity contribution in [2.24, 2.45) is 0 Å². The molecule has 0 radical (unpaired) electrons. The summed E-state index contributed by atoms with van der Waals surface area (Å²) in [4.78, 5) is 1.34. The monoisotopic (exact) mass is 221 g/mol. The second-order valence-corrected chi connectivity index (χ2v) is 4.52. The highest BCUT2D eigenvalue weighted by molar-refractivity contribution is 7.99. The van der Waals surface area contributed by atoms with Crippen LogP contribution in [0.2, 0.25) is 0 Å². The average molecular weight is 221 g/mol. The number of nitrogens with one attached hydrogen (secondary N) is 1. The second-order valence-electron chi connectivity index (χ2n) is 3.35. The quantitative estimate of drug-likeness (QED) is 0.430. The van der Waals surface area contributed by atoms with Gasteiger partial charge in [0, 0.05) is 17.2 Å². The van der Waals surface area contributed by atoms with Crippen LogP contribution in [-0.4, -0.2) is 12.3 Å². The third-order valence-electron chi connectivity index (χ3n) is 2.09. The van der Waals surface area contributed by atoms with Crippen LogP contribution in [0.1, 0.15) is 18.9 Å². The first kappa shape index (κ1) is 12.3. The van der Waals surface area contributed by atoms with Crippen molar-refractivity contribution in [1.82, 2.24) is 5.32 Å². The normalized spacial score (nSPS) is 10.2. The van der Waals surface area contributed by atoms with Crippen molar-refractivity contribution in [2.75, 3.05) is 12.3 Å². The highest BCUT2D eigenvalue weighted by Gasteiger charge is 1.94. The molecule has 0 spiro atoms. The lowest BCUT2D eigenvalue weighted by Crippen LogP contribution is -2.11. The van der Waals surface area contributed by atoms with Gasteiger partial charge in [0.05, 0.1) is 0 Å². The van der Waals surface area contributed by atoms with Crippen molar-refractivity contribution in [1.29, 1.82) is 0 Å². The first-order valence-electron chi connectivity index (χ1n) is 5.40. The van der Waals surface area contributed by atoms with E-state index in [0.717, 1.165) is 25.3 Å². The average Bonchev–Trinajstić information content (AvgIpc) is 2.28. The maximum absolute atomic E-state index is 3.72.